The summed E-state index contributed by atoms with van der Waals surface area (Å²) >= 11 is 5.87. The fourth-order valence-electron chi connectivity index (χ4n) is 4.87. The second-order valence-corrected chi connectivity index (χ2v) is 8.96. The average Bonchev–Trinajstić information content (AvgIpc) is 3.49. The minimum Gasteiger partial charge on any atom is -0.352 e. The quantitative estimate of drug-likeness (QED) is 0.317. The maximum atomic E-state index is 5.87. The Morgan fingerprint density at radius 2 is 1.59 bits per heavy atom. The van der Waals surface area contributed by atoms with Gasteiger partial charge in [0.25, 0.3) is 0 Å². The van der Waals surface area contributed by atoms with Crippen molar-refractivity contribution in [3.05, 3.63) is 132 Å². The van der Waals surface area contributed by atoms with Gasteiger partial charge < -0.3 is 14.8 Å². The third-order valence-corrected chi connectivity index (χ3v) is 6.84. The minimum atomic E-state index is -0.0495. The first-order chi connectivity index (χ1) is 16.8. The van der Waals surface area contributed by atoms with Crippen LogP contribution in [0, 0.1) is 0 Å². The van der Waals surface area contributed by atoms with Crippen LogP contribution in [0.4, 0.5) is 0 Å². The molecule has 6 rings (SSSR count). The molecule has 1 aliphatic heterocycles. The Hall–Kier alpha value is -3.96. The van der Waals surface area contributed by atoms with Gasteiger partial charge in [0.05, 0.1) is 17.8 Å². The molecule has 5 heteroatoms. The van der Waals surface area contributed by atoms with Crippen LogP contribution in [-0.4, -0.2) is 19.6 Å². The van der Waals surface area contributed by atoms with Gasteiger partial charge in [0, 0.05) is 30.3 Å². The van der Waals surface area contributed by atoms with Crippen molar-refractivity contribution in [2.45, 2.75) is 18.6 Å². The molecule has 4 nitrogen and oxygen atoms in total. The normalized spacial score (nSPS) is 17.8. The van der Waals surface area contributed by atoms with Gasteiger partial charge in [-0.25, -0.2) is 0 Å². The molecule has 3 aromatic carbocycles. The third kappa shape index (κ3) is 3.74. The number of thiocarbonyl (C=S) groups is 1. The molecule has 1 fully saturated rings. The van der Waals surface area contributed by atoms with Crippen molar-refractivity contribution in [1.29, 1.82) is 0 Å². The highest BCUT2D eigenvalue weighted by Gasteiger charge is 2.41. The predicted octanol–water partition coefficient (Wildman–Crippen LogP) is 6.20. The molecule has 0 amide bonds. The van der Waals surface area contributed by atoms with Crippen molar-refractivity contribution in [1.82, 2.24) is 19.8 Å². The number of nitrogens with zero attached hydrogens (tertiary/aromatic N) is 3. The Kier molecular flexibility index (Phi) is 5.32. The van der Waals surface area contributed by atoms with Crippen LogP contribution in [0.1, 0.15) is 29.0 Å². The number of nitrogens with one attached hydrogen (secondary N) is 1. The van der Waals surface area contributed by atoms with E-state index >= 15 is 0 Å². The molecule has 2 aromatic heterocycles. The first-order valence-corrected chi connectivity index (χ1v) is 11.9. The highest BCUT2D eigenvalue weighted by atomic mass is 32.1. The molecule has 0 bridgehead atoms. The van der Waals surface area contributed by atoms with E-state index in [0.717, 1.165) is 23.0 Å². The van der Waals surface area contributed by atoms with E-state index in [9.17, 15) is 0 Å². The van der Waals surface area contributed by atoms with Crippen molar-refractivity contribution in [3.63, 3.8) is 0 Å². The molecule has 0 spiro atoms. The summed E-state index contributed by atoms with van der Waals surface area (Å²) in [5, 5.41) is 6.78. The Labute approximate surface area is 204 Å². The van der Waals surface area contributed by atoms with E-state index in [2.05, 4.69) is 111 Å². The topological polar surface area (TPSA) is 33.1 Å². The van der Waals surface area contributed by atoms with Crippen LogP contribution < -0.4 is 5.32 Å². The zero-order chi connectivity index (χ0) is 22.9. The lowest BCUT2D eigenvalue weighted by Gasteiger charge is -2.29. The predicted molar refractivity (Wildman–Crippen MR) is 141 cm³/mol. The zero-order valence-electron chi connectivity index (χ0n) is 18.6. The summed E-state index contributed by atoms with van der Waals surface area (Å²) in [7, 11) is 0. The van der Waals surface area contributed by atoms with E-state index < -0.39 is 0 Å². The molecule has 166 valence electrons. The van der Waals surface area contributed by atoms with Crippen molar-refractivity contribution in [2.24, 2.45) is 0 Å². The first kappa shape index (κ1) is 20.6. The number of hydrogen-bond acceptors (Lipinski definition) is 2. The summed E-state index contributed by atoms with van der Waals surface area (Å²) in [4.78, 5) is 6.97. The van der Waals surface area contributed by atoms with Crippen LogP contribution in [0.15, 0.2) is 116 Å². The summed E-state index contributed by atoms with van der Waals surface area (Å²) in [6.07, 6.45) is 3.98. The van der Waals surface area contributed by atoms with Gasteiger partial charge >= 0.3 is 0 Å². The largest absolute Gasteiger partial charge is 0.352 e. The van der Waals surface area contributed by atoms with Crippen molar-refractivity contribution < 1.29 is 0 Å². The van der Waals surface area contributed by atoms with Gasteiger partial charge in [-0.05, 0) is 65.0 Å². The second-order valence-electron chi connectivity index (χ2n) is 8.57. The molecule has 0 unspecified atom stereocenters. The van der Waals surface area contributed by atoms with Crippen molar-refractivity contribution in [3.8, 4) is 5.69 Å². The van der Waals surface area contributed by atoms with E-state index in [0.29, 0.717) is 0 Å². The number of aromatic nitrogens is 2. The summed E-state index contributed by atoms with van der Waals surface area (Å²) in [5.74, 6) is 0. The number of hydrogen-bond donors (Lipinski definition) is 1. The van der Waals surface area contributed by atoms with Crippen LogP contribution in [-0.2, 0) is 6.54 Å². The standard InChI is InChI=1S/C29H24N4S/c34-29-31-27(25-13-6-7-17-30-25)28(33(29)20-21-9-2-1-3-10-21)26-14-8-18-32(26)24-16-15-22-11-4-5-12-23(22)19-24/h1-19,27-28H,20H2,(H,31,34)/t27-,28+/m0/s1. The summed E-state index contributed by atoms with van der Waals surface area (Å²) in [6.45, 7) is 0.726. The second kappa shape index (κ2) is 8.76. The molecular weight excluding hydrogens is 436 g/mol. The smallest absolute Gasteiger partial charge is 0.170 e. The maximum Gasteiger partial charge on any atom is 0.170 e. The molecule has 1 saturated heterocycles. The highest BCUT2D eigenvalue weighted by molar-refractivity contribution is 7.80. The molecule has 0 saturated carbocycles. The van der Waals surface area contributed by atoms with Crippen LogP contribution in [0.25, 0.3) is 16.5 Å². The fourth-order valence-corrected chi connectivity index (χ4v) is 5.18. The number of fused-ring (bicyclic) bond motifs is 1. The van der Waals surface area contributed by atoms with E-state index in [1.54, 1.807) is 0 Å². The summed E-state index contributed by atoms with van der Waals surface area (Å²) in [6, 6.07) is 35.9. The zero-order valence-corrected chi connectivity index (χ0v) is 19.4. The SMILES string of the molecule is S=C1N[C@@H](c2ccccn2)[C@@H](c2cccn2-c2ccc3ccccc3c2)N1Cc1ccccc1. The monoisotopic (exact) mass is 460 g/mol. The minimum absolute atomic E-state index is 0.0101. The molecule has 0 aliphatic carbocycles. The van der Waals surface area contributed by atoms with Crippen molar-refractivity contribution >= 4 is 28.1 Å². The molecule has 5 aromatic rings. The Morgan fingerprint density at radius 1 is 0.794 bits per heavy atom. The van der Waals surface area contributed by atoms with Gasteiger partial charge in [-0.2, -0.15) is 0 Å². The molecule has 3 heterocycles. The lowest BCUT2D eigenvalue weighted by atomic mass is 10.0. The molecule has 1 aliphatic rings. The number of benzene rings is 3. The van der Waals surface area contributed by atoms with Crippen LogP contribution in [0.2, 0.25) is 0 Å². The van der Waals surface area contributed by atoms with Gasteiger partial charge in [0.15, 0.2) is 5.11 Å². The Bertz CT molecular complexity index is 1450. The number of rotatable bonds is 5. The maximum absolute atomic E-state index is 5.87. The van der Waals surface area contributed by atoms with Gasteiger partial charge in [-0.15, -0.1) is 0 Å². The van der Waals surface area contributed by atoms with Crippen molar-refractivity contribution in [2.75, 3.05) is 0 Å². The van der Waals surface area contributed by atoms with Gasteiger partial charge in [0.1, 0.15) is 0 Å². The first-order valence-electron chi connectivity index (χ1n) is 11.5. The Balaban J connectivity index is 1.46. The molecule has 0 radical (unpaired) electrons. The van der Waals surface area contributed by atoms with Gasteiger partial charge in [0.2, 0.25) is 0 Å². The van der Waals surface area contributed by atoms with Gasteiger partial charge in [-0.3, -0.25) is 4.98 Å². The Morgan fingerprint density at radius 3 is 2.41 bits per heavy atom. The highest BCUT2D eigenvalue weighted by Crippen LogP contribution is 2.40. The van der Waals surface area contributed by atoms with E-state index in [-0.39, 0.29) is 12.1 Å². The van der Waals surface area contributed by atoms with E-state index in [4.69, 9.17) is 12.2 Å². The average molecular weight is 461 g/mol. The van der Waals surface area contributed by atoms with E-state index in [1.165, 1.54) is 22.0 Å². The van der Waals surface area contributed by atoms with Crippen LogP contribution >= 0.6 is 12.2 Å². The van der Waals surface area contributed by atoms with Gasteiger partial charge in [-0.1, -0.05) is 66.7 Å². The van der Waals surface area contributed by atoms with Crippen LogP contribution in [0.5, 0.6) is 0 Å². The molecule has 1 N–H and O–H groups in total. The third-order valence-electron chi connectivity index (χ3n) is 6.49. The lowest BCUT2D eigenvalue weighted by molar-refractivity contribution is 0.302. The molecule has 2 atom stereocenters. The summed E-state index contributed by atoms with van der Waals surface area (Å²) < 4.78 is 2.28. The summed E-state index contributed by atoms with van der Waals surface area (Å²) in [5.41, 5.74) is 4.52. The lowest BCUT2D eigenvalue weighted by Crippen LogP contribution is -2.30. The van der Waals surface area contributed by atoms with E-state index in [1.807, 2.05) is 24.4 Å². The molecular formula is C29H24N4S. The number of pyridine rings is 1. The van der Waals surface area contributed by atoms with Crippen LogP contribution in [0.3, 0.4) is 0 Å². The fraction of sp³-hybridized carbons (Fsp3) is 0.103. The molecule has 34 heavy (non-hydrogen) atoms.